The average molecular weight is 183 g/mol. The predicted octanol–water partition coefficient (Wildman–Crippen LogP) is 2.24. The Balaban J connectivity index is 3.98. The largest absolute Gasteiger partial charge is 0.354 e. The van der Waals surface area contributed by atoms with E-state index in [9.17, 15) is 0 Å². The van der Waals surface area contributed by atoms with Crippen molar-refractivity contribution in [3.63, 3.8) is 0 Å². The van der Waals surface area contributed by atoms with Crippen LogP contribution in [0.15, 0.2) is 12.7 Å². The monoisotopic (exact) mass is 183 g/mol. The van der Waals surface area contributed by atoms with Gasteiger partial charge in [0.25, 0.3) is 0 Å². The molecule has 0 heterocycles. The van der Waals surface area contributed by atoms with Crippen molar-refractivity contribution in [2.45, 2.75) is 38.6 Å². The van der Waals surface area contributed by atoms with Gasteiger partial charge in [-0.25, -0.2) is 0 Å². The summed E-state index contributed by atoms with van der Waals surface area (Å²) in [4.78, 5) is 0. The molecule has 0 aromatic rings. The van der Waals surface area contributed by atoms with Crippen LogP contribution in [0.3, 0.4) is 0 Å². The number of hydrogen-bond acceptors (Lipinski definition) is 3. The van der Waals surface area contributed by atoms with Crippen LogP contribution in [0.1, 0.15) is 26.7 Å². The summed E-state index contributed by atoms with van der Waals surface area (Å²) in [6.45, 7) is 7.15. The second-order valence-corrected chi connectivity index (χ2v) is 3.21. The Kier molecular flexibility index (Phi) is 5.36. The van der Waals surface area contributed by atoms with Crippen LogP contribution in [-0.4, -0.2) is 19.0 Å². The molecule has 0 amide bonds. The molecule has 0 bridgehead atoms. The van der Waals surface area contributed by atoms with Gasteiger partial charge in [-0.05, 0) is 26.7 Å². The maximum Gasteiger partial charge on any atom is 0.164 e. The van der Waals surface area contributed by atoms with E-state index in [0.717, 1.165) is 6.42 Å². The molecule has 0 radical (unpaired) electrons. The van der Waals surface area contributed by atoms with E-state index < -0.39 is 11.9 Å². The molecule has 0 aliphatic carbocycles. The van der Waals surface area contributed by atoms with Crippen molar-refractivity contribution in [2.75, 3.05) is 7.11 Å². The first kappa shape index (κ1) is 12.2. The molecule has 0 saturated carbocycles. The fraction of sp³-hybridized carbons (Fsp3) is 0.700. The van der Waals surface area contributed by atoms with Crippen molar-refractivity contribution in [1.82, 2.24) is 0 Å². The van der Waals surface area contributed by atoms with E-state index in [1.807, 2.05) is 0 Å². The maximum absolute atomic E-state index is 8.75. The summed E-state index contributed by atoms with van der Waals surface area (Å²) in [5.74, 6) is -0.693. The Morgan fingerprint density at radius 2 is 2.23 bits per heavy atom. The van der Waals surface area contributed by atoms with E-state index in [0.29, 0.717) is 6.42 Å². The van der Waals surface area contributed by atoms with E-state index in [4.69, 9.17) is 14.7 Å². The van der Waals surface area contributed by atoms with Gasteiger partial charge in [0.15, 0.2) is 5.79 Å². The standard InChI is InChI=1S/C10H17NO2/c1-5-6-7-9(8-11)13-10(2,3)12-4/h5,9H,1,6-7H2,2-4H3/t9-/m0/s1. The number of rotatable bonds is 6. The Morgan fingerprint density at radius 1 is 1.62 bits per heavy atom. The lowest BCUT2D eigenvalue weighted by atomic mass is 10.2. The molecule has 1 atom stereocenters. The molecule has 0 aromatic heterocycles. The third-order valence-electron chi connectivity index (χ3n) is 1.69. The van der Waals surface area contributed by atoms with Crippen molar-refractivity contribution < 1.29 is 9.47 Å². The van der Waals surface area contributed by atoms with Crippen molar-refractivity contribution >= 4 is 0 Å². The first-order valence-corrected chi connectivity index (χ1v) is 4.29. The lowest BCUT2D eigenvalue weighted by molar-refractivity contribution is -0.212. The Morgan fingerprint density at radius 3 is 2.62 bits per heavy atom. The van der Waals surface area contributed by atoms with Gasteiger partial charge in [-0.1, -0.05) is 6.08 Å². The molecule has 3 nitrogen and oxygen atoms in total. The van der Waals surface area contributed by atoms with Crippen LogP contribution < -0.4 is 0 Å². The second kappa shape index (κ2) is 5.74. The molecule has 0 rings (SSSR count). The summed E-state index contributed by atoms with van der Waals surface area (Å²) < 4.78 is 10.5. The van der Waals surface area contributed by atoms with Gasteiger partial charge in [0.1, 0.15) is 6.10 Å². The molecule has 0 unspecified atom stereocenters. The van der Waals surface area contributed by atoms with Gasteiger partial charge in [0, 0.05) is 7.11 Å². The molecule has 0 aliphatic heterocycles. The molecule has 3 heteroatoms. The minimum atomic E-state index is -0.693. The minimum Gasteiger partial charge on any atom is -0.354 e. The number of ether oxygens (including phenoxy) is 2. The first-order valence-electron chi connectivity index (χ1n) is 4.29. The van der Waals surface area contributed by atoms with Crippen molar-refractivity contribution in [1.29, 1.82) is 5.26 Å². The molecule has 0 N–H and O–H groups in total. The van der Waals surface area contributed by atoms with Crippen LogP contribution in [-0.2, 0) is 9.47 Å². The molecular weight excluding hydrogens is 166 g/mol. The van der Waals surface area contributed by atoms with Gasteiger partial charge in [-0.15, -0.1) is 6.58 Å². The van der Waals surface area contributed by atoms with E-state index in [1.165, 1.54) is 0 Å². The highest BCUT2D eigenvalue weighted by molar-refractivity contribution is 4.87. The highest BCUT2D eigenvalue weighted by atomic mass is 16.7. The summed E-state index contributed by atoms with van der Waals surface area (Å²) in [7, 11) is 1.56. The van der Waals surface area contributed by atoms with Crippen LogP contribution in [0.4, 0.5) is 0 Å². The van der Waals surface area contributed by atoms with Gasteiger partial charge in [-0.3, -0.25) is 0 Å². The molecule has 0 aliphatic rings. The lowest BCUT2D eigenvalue weighted by Crippen LogP contribution is -2.31. The third-order valence-corrected chi connectivity index (χ3v) is 1.69. The molecule has 0 saturated heterocycles. The SMILES string of the molecule is C=CCC[C@@H](C#N)OC(C)(C)OC. The number of nitrogens with zero attached hydrogens (tertiary/aromatic N) is 1. The highest BCUT2D eigenvalue weighted by Crippen LogP contribution is 2.15. The van der Waals surface area contributed by atoms with E-state index in [2.05, 4.69) is 12.6 Å². The van der Waals surface area contributed by atoms with E-state index >= 15 is 0 Å². The van der Waals surface area contributed by atoms with Crippen LogP contribution in [0.2, 0.25) is 0 Å². The Labute approximate surface area is 80.0 Å². The maximum atomic E-state index is 8.75. The normalized spacial score (nSPS) is 13.4. The zero-order chi connectivity index (χ0) is 10.3. The smallest absolute Gasteiger partial charge is 0.164 e. The molecule has 13 heavy (non-hydrogen) atoms. The highest BCUT2D eigenvalue weighted by Gasteiger charge is 2.22. The van der Waals surface area contributed by atoms with Gasteiger partial charge < -0.3 is 9.47 Å². The zero-order valence-corrected chi connectivity index (χ0v) is 8.54. The molecule has 0 aromatic carbocycles. The first-order chi connectivity index (χ1) is 6.05. The molecule has 0 fully saturated rings. The van der Waals surface area contributed by atoms with E-state index in [-0.39, 0.29) is 0 Å². The fourth-order valence-electron chi connectivity index (χ4n) is 0.810. The van der Waals surface area contributed by atoms with Gasteiger partial charge in [-0.2, -0.15) is 5.26 Å². The van der Waals surface area contributed by atoms with Crippen molar-refractivity contribution in [3.05, 3.63) is 12.7 Å². The summed E-state index contributed by atoms with van der Waals surface area (Å²) >= 11 is 0. The molecule has 0 spiro atoms. The number of nitriles is 1. The topological polar surface area (TPSA) is 42.2 Å². The summed E-state index contributed by atoms with van der Waals surface area (Å²) in [5.41, 5.74) is 0. The average Bonchev–Trinajstić information content (AvgIpc) is 2.12. The summed E-state index contributed by atoms with van der Waals surface area (Å²) in [6, 6.07) is 2.08. The van der Waals surface area contributed by atoms with Crippen LogP contribution in [0.25, 0.3) is 0 Å². The van der Waals surface area contributed by atoms with Crippen LogP contribution in [0.5, 0.6) is 0 Å². The molecule has 74 valence electrons. The molecular formula is C10H17NO2. The van der Waals surface area contributed by atoms with Gasteiger partial charge in [0.2, 0.25) is 0 Å². The predicted molar refractivity (Wildman–Crippen MR) is 51.0 cm³/mol. The minimum absolute atomic E-state index is 0.423. The lowest BCUT2D eigenvalue weighted by Gasteiger charge is -2.25. The summed E-state index contributed by atoms with van der Waals surface area (Å²) in [6.07, 6.45) is 2.78. The number of methoxy groups -OCH3 is 1. The quantitative estimate of drug-likeness (QED) is 0.468. The number of allylic oxidation sites excluding steroid dienone is 1. The number of hydrogen-bond donors (Lipinski definition) is 0. The van der Waals surface area contributed by atoms with Crippen molar-refractivity contribution in [2.24, 2.45) is 0 Å². The summed E-state index contributed by atoms with van der Waals surface area (Å²) in [5, 5.41) is 8.75. The Hall–Kier alpha value is -0.850. The van der Waals surface area contributed by atoms with Gasteiger partial charge in [0.05, 0.1) is 6.07 Å². The van der Waals surface area contributed by atoms with Crippen LogP contribution >= 0.6 is 0 Å². The fourth-order valence-corrected chi connectivity index (χ4v) is 0.810. The Bertz CT molecular complexity index is 194. The van der Waals surface area contributed by atoms with Crippen molar-refractivity contribution in [3.8, 4) is 6.07 Å². The van der Waals surface area contributed by atoms with Gasteiger partial charge >= 0.3 is 0 Å². The van der Waals surface area contributed by atoms with E-state index in [1.54, 1.807) is 27.0 Å². The second-order valence-electron chi connectivity index (χ2n) is 3.21. The third kappa shape index (κ3) is 5.40. The van der Waals surface area contributed by atoms with Crippen LogP contribution in [0, 0.1) is 11.3 Å². The zero-order valence-electron chi connectivity index (χ0n) is 8.54.